The third-order valence-electron chi connectivity index (χ3n) is 7.01. The number of benzene rings is 2. The van der Waals surface area contributed by atoms with E-state index in [1.165, 1.54) is 22.3 Å². The molecule has 3 aliphatic heterocycles. The molecule has 2 aromatic rings. The molecule has 5 heteroatoms. The number of ketones is 1. The van der Waals surface area contributed by atoms with Crippen molar-refractivity contribution in [2.45, 2.75) is 51.4 Å². The number of aryl methyl sites for hydroxylation is 1. The molecule has 1 amide bonds. The lowest BCUT2D eigenvalue weighted by Crippen LogP contribution is -2.32. The van der Waals surface area contributed by atoms with Gasteiger partial charge in [0.05, 0.1) is 5.69 Å². The van der Waals surface area contributed by atoms with Crippen molar-refractivity contribution < 1.29 is 9.59 Å². The summed E-state index contributed by atoms with van der Waals surface area (Å²) < 4.78 is 0. The predicted molar refractivity (Wildman–Crippen MR) is 127 cm³/mol. The van der Waals surface area contributed by atoms with Gasteiger partial charge in [0, 0.05) is 38.0 Å². The van der Waals surface area contributed by atoms with Gasteiger partial charge in [0.1, 0.15) is 0 Å². The average Bonchev–Trinajstić information content (AvgIpc) is 3.10. The molecule has 0 aromatic heterocycles. The SMILES string of the molecule is Cl.O=C(CCCCN1CCc2ccccc2CC1)c1cc2c3c(c1)CCN3C(=O)CC2. The molecule has 0 fully saturated rings. The summed E-state index contributed by atoms with van der Waals surface area (Å²) in [4.78, 5) is 29.4. The van der Waals surface area contributed by atoms with Crippen molar-refractivity contribution in [2.75, 3.05) is 31.1 Å². The van der Waals surface area contributed by atoms with E-state index in [-0.39, 0.29) is 24.1 Å². The van der Waals surface area contributed by atoms with E-state index in [1.54, 1.807) is 0 Å². The minimum absolute atomic E-state index is 0. The van der Waals surface area contributed by atoms with Crippen molar-refractivity contribution in [1.82, 2.24) is 4.90 Å². The lowest BCUT2D eigenvalue weighted by atomic mass is 9.94. The molecule has 3 aliphatic rings. The van der Waals surface area contributed by atoms with E-state index in [0.717, 1.165) is 76.0 Å². The third-order valence-corrected chi connectivity index (χ3v) is 7.01. The second-order valence-corrected chi connectivity index (χ2v) is 8.93. The Hall–Kier alpha value is -2.17. The number of nitrogens with zero attached hydrogens (tertiary/aromatic N) is 2. The summed E-state index contributed by atoms with van der Waals surface area (Å²) in [5.41, 5.74) is 7.33. The first kappa shape index (κ1) is 22.0. The molecule has 0 atom stereocenters. The first-order valence-electron chi connectivity index (χ1n) is 11.5. The number of halogens is 1. The van der Waals surface area contributed by atoms with Gasteiger partial charge in [0.25, 0.3) is 0 Å². The van der Waals surface area contributed by atoms with E-state index in [1.807, 2.05) is 11.0 Å². The fraction of sp³-hybridized carbons (Fsp3) is 0.462. The van der Waals surface area contributed by atoms with Crippen LogP contribution in [0.25, 0.3) is 0 Å². The monoisotopic (exact) mass is 438 g/mol. The quantitative estimate of drug-likeness (QED) is 0.496. The maximum Gasteiger partial charge on any atom is 0.227 e. The zero-order valence-corrected chi connectivity index (χ0v) is 18.9. The van der Waals surface area contributed by atoms with Crippen LogP contribution in [0, 0.1) is 0 Å². The molecule has 4 nitrogen and oxygen atoms in total. The molecular weight excluding hydrogens is 408 g/mol. The number of unbranched alkanes of at least 4 members (excludes halogenated alkanes) is 1. The van der Waals surface area contributed by atoms with E-state index in [2.05, 4.69) is 35.2 Å². The summed E-state index contributed by atoms with van der Waals surface area (Å²) in [6.07, 6.45) is 7.13. The number of rotatable bonds is 6. The Labute approximate surface area is 191 Å². The number of hydrogen-bond acceptors (Lipinski definition) is 3. The smallest absolute Gasteiger partial charge is 0.227 e. The Balaban J connectivity index is 0.00000231. The highest BCUT2D eigenvalue weighted by Gasteiger charge is 2.31. The van der Waals surface area contributed by atoms with Crippen molar-refractivity contribution in [3.05, 3.63) is 64.2 Å². The highest BCUT2D eigenvalue weighted by molar-refractivity contribution is 6.02. The van der Waals surface area contributed by atoms with E-state index in [9.17, 15) is 9.59 Å². The molecule has 0 aliphatic carbocycles. The molecule has 0 radical (unpaired) electrons. The number of hydrogen-bond donors (Lipinski definition) is 0. The third kappa shape index (κ3) is 4.56. The fourth-order valence-electron chi connectivity index (χ4n) is 5.32. The van der Waals surface area contributed by atoms with Crippen molar-refractivity contribution >= 4 is 29.8 Å². The summed E-state index contributed by atoms with van der Waals surface area (Å²) in [5, 5.41) is 0. The van der Waals surface area contributed by atoms with Gasteiger partial charge in [-0.3, -0.25) is 9.59 Å². The summed E-state index contributed by atoms with van der Waals surface area (Å²) in [6, 6.07) is 12.9. The van der Waals surface area contributed by atoms with Crippen LogP contribution >= 0.6 is 12.4 Å². The fourth-order valence-corrected chi connectivity index (χ4v) is 5.32. The van der Waals surface area contributed by atoms with Crippen LogP contribution in [0.2, 0.25) is 0 Å². The maximum atomic E-state index is 12.8. The second-order valence-electron chi connectivity index (χ2n) is 8.93. The number of anilines is 1. The molecule has 164 valence electrons. The van der Waals surface area contributed by atoms with Crippen LogP contribution in [0.3, 0.4) is 0 Å². The van der Waals surface area contributed by atoms with Crippen LogP contribution in [0.1, 0.15) is 58.3 Å². The zero-order valence-electron chi connectivity index (χ0n) is 18.1. The molecule has 3 heterocycles. The topological polar surface area (TPSA) is 40.6 Å². The number of amides is 1. The van der Waals surface area contributed by atoms with Crippen LogP contribution in [-0.4, -0.2) is 42.8 Å². The minimum Gasteiger partial charge on any atom is -0.312 e. The summed E-state index contributed by atoms with van der Waals surface area (Å²) >= 11 is 0. The molecule has 0 spiro atoms. The van der Waals surface area contributed by atoms with Gasteiger partial charge >= 0.3 is 0 Å². The van der Waals surface area contributed by atoms with Crippen LogP contribution in [0.4, 0.5) is 5.69 Å². The molecule has 0 saturated carbocycles. The Bertz CT molecular complexity index is 960. The van der Waals surface area contributed by atoms with Gasteiger partial charge in [-0.25, -0.2) is 0 Å². The summed E-state index contributed by atoms with van der Waals surface area (Å²) in [5.74, 6) is 0.490. The number of fused-ring (bicyclic) bond motifs is 1. The van der Waals surface area contributed by atoms with E-state index < -0.39 is 0 Å². The highest BCUT2D eigenvalue weighted by atomic mass is 35.5. The van der Waals surface area contributed by atoms with Crippen molar-refractivity contribution in [2.24, 2.45) is 0 Å². The van der Waals surface area contributed by atoms with Crippen molar-refractivity contribution in [1.29, 1.82) is 0 Å². The van der Waals surface area contributed by atoms with Gasteiger partial charge in [-0.05, 0) is 79.5 Å². The largest absolute Gasteiger partial charge is 0.312 e. The Morgan fingerprint density at radius 1 is 0.806 bits per heavy atom. The molecule has 5 rings (SSSR count). The van der Waals surface area contributed by atoms with Crippen molar-refractivity contribution in [3.63, 3.8) is 0 Å². The predicted octanol–water partition coefficient (Wildman–Crippen LogP) is 4.40. The lowest BCUT2D eigenvalue weighted by Gasteiger charge is -2.25. The molecule has 0 N–H and O–H groups in total. The average molecular weight is 439 g/mol. The number of carbonyl (C=O) groups excluding carboxylic acids is 2. The van der Waals surface area contributed by atoms with Gasteiger partial charge in [0.15, 0.2) is 5.78 Å². The normalized spacial score (nSPS) is 17.5. The molecular formula is C26H31ClN2O2. The van der Waals surface area contributed by atoms with Crippen LogP contribution < -0.4 is 4.90 Å². The summed E-state index contributed by atoms with van der Waals surface area (Å²) in [7, 11) is 0. The van der Waals surface area contributed by atoms with Gasteiger partial charge in [0.2, 0.25) is 5.91 Å². The number of carbonyl (C=O) groups is 2. The van der Waals surface area contributed by atoms with E-state index in [0.29, 0.717) is 12.8 Å². The van der Waals surface area contributed by atoms with Gasteiger partial charge in [-0.2, -0.15) is 0 Å². The van der Waals surface area contributed by atoms with Gasteiger partial charge < -0.3 is 9.80 Å². The second kappa shape index (κ2) is 9.54. The first-order valence-corrected chi connectivity index (χ1v) is 11.5. The van der Waals surface area contributed by atoms with Crippen molar-refractivity contribution in [3.8, 4) is 0 Å². The first-order chi connectivity index (χ1) is 14.7. The minimum atomic E-state index is 0. The Kier molecular flexibility index (Phi) is 6.78. The molecule has 2 aromatic carbocycles. The Morgan fingerprint density at radius 2 is 1.45 bits per heavy atom. The standard InChI is InChI=1S/C26H30N2O2.ClH/c29-24(23-17-21-8-9-25(30)28-16-12-22(18-23)26(21)28)7-3-4-13-27-14-10-19-5-1-2-6-20(19)11-15-27;/h1-2,5-6,17-18H,3-4,7-16H2;1H. The zero-order chi connectivity index (χ0) is 20.5. The van der Waals surface area contributed by atoms with Crippen LogP contribution in [0.15, 0.2) is 36.4 Å². The number of Topliss-reactive ketones (excluding diaryl/α,β-unsaturated/α-hetero) is 1. The van der Waals surface area contributed by atoms with Gasteiger partial charge in [-0.15, -0.1) is 12.4 Å². The summed E-state index contributed by atoms with van der Waals surface area (Å²) in [6.45, 7) is 4.09. The molecule has 31 heavy (non-hydrogen) atoms. The highest BCUT2D eigenvalue weighted by Crippen LogP contribution is 2.37. The molecule has 0 unspecified atom stereocenters. The van der Waals surface area contributed by atoms with Crippen LogP contribution in [-0.2, 0) is 30.5 Å². The molecule has 0 bridgehead atoms. The Morgan fingerprint density at radius 3 is 2.16 bits per heavy atom. The molecule has 0 saturated heterocycles. The maximum absolute atomic E-state index is 12.8. The van der Waals surface area contributed by atoms with E-state index >= 15 is 0 Å². The van der Waals surface area contributed by atoms with Crippen LogP contribution in [0.5, 0.6) is 0 Å². The van der Waals surface area contributed by atoms with Gasteiger partial charge in [-0.1, -0.05) is 24.3 Å². The lowest BCUT2D eigenvalue weighted by molar-refractivity contribution is -0.118. The van der Waals surface area contributed by atoms with E-state index in [4.69, 9.17) is 0 Å².